The second-order valence-electron chi connectivity index (χ2n) is 4.59. The molecule has 0 saturated carbocycles. The predicted molar refractivity (Wildman–Crippen MR) is 112 cm³/mol. The number of hydrogen-bond acceptors (Lipinski definition) is 0. The van der Waals surface area contributed by atoms with E-state index in [2.05, 4.69) is 54.6 Å². The minimum Gasteiger partial charge on any atom is -0.0801 e. The maximum atomic E-state index is 2.29. The van der Waals surface area contributed by atoms with Crippen LogP contribution in [0.3, 0.4) is 0 Å². The van der Waals surface area contributed by atoms with Gasteiger partial charge in [-0.3, -0.25) is 0 Å². The third-order valence-electron chi connectivity index (χ3n) is 3.79. The van der Waals surface area contributed by atoms with Crippen LogP contribution in [0.2, 0.25) is 0 Å². The van der Waals surface area contributed by atoms with Gasteiger partial charge in [0, 0.05) is 5.92 Å². The predicted octanol–water partition coefficient (Wildman–Crippen LogP) is 6.18. The summed E-state index contributed by atoms with van der Waals surface area (Å²) in [5, 5.41) is 2.90. The highest BCUT2D eigenvalue weighted by Gasteiger charge is 2.29. The van der Waals surface area contributed by atoms with E-state index in [1.165, 1.54) is 21.6 Å². The number of fused-ring (bicyclic) bond motifs is 1. The third kappa shape index (κ3) is 4.38. The van der Waals surface area contributed by atoms with Gasteiger partial charge in [0.05, 0.1) is 0 Å². The second kappa shape index (κ2) is 12.6. The molecule has 0 heteroatoms. The topological polar surface area (TPSA) is 0 Å². The Morgan fingerprint density at radius 2 is 1.33 bits per heavy atom. The molecule has 1 unspecified atom stereocenters. The molecule has 3 aliphatic rings. The van der Waals surface area contributed by atoms with E-state index in [0.29, 0.717) is 5.92 Å². The van der Waals surface area contributed by atoms with Crippen LogP contribution in [0.5, 0.6) is 0 Å². The maximum Gasteiger partial charge on any atom is 0.0317 e. The highest BCUT2D eigenvalue weighted by molar-refractivity contribution is 5.84. The van der Waals surface area contributed by atoms with Crippen molar-refractivity contribution in [2.24, 2.45) is 5.92 Å². The van der Waals surface area contributed by atoms with Crippen molar-refractivity contribution in [1.29, 1.82) is 0 Å². The largest absolute Gasteiger partial charge is 0.0801 e. The van der Waals surface area contributed by atoms with Crippen LogP contribution in [-0.2, 0) is 0 Å². The Hall–Kier alpha value is -1.82. The Labute approximate surface area is 150 Å². The average Bonchev–Trinajstić information content (AvgIpc) is 3.05. The first-order valence-corrected chi connectivity index (χ1v) is 9.82. The van der Waals surface area contributed by atoms with Gasteiger partial charge < -0.3 is 0 Å². The molecule has 0 spiro atoms. The van der Waals surface area contributed by atoms with Gasteiger partial charge in [0.25, 0.3) is 0 Å². The van der Waals surface area contributed by atoms with Gasteiger partial charge in [0.2, 0.25) is 0 Å². The van der Waals surface area contributed by atoms with E-state index in [1.807, 2.05) is 55.4 Å². The lowest BCUT2D eigenvalue weighted by molar-refractivity contribution is 0.990. The van der Waals surface area contributed by atoms with Crippen molar-refractivity contribution in [3.8, 4) is 0 Å². The van der Waals surface area contributed by atoms with Crippen LogP contribution < -0.4 is 10.4 Å². The molecular weight excluding hydrogens is 288 g/mol. The molecule has 0 fully saturated rings. The molecule has 0 aromatic heterocycles. The van der Waals surface area contributed by atoms with Crippen LogP contribution >= 0.6 is 0 Å². The summed E-state index contributed by atoms with van der Waals surface area (Å²) in [5.74, 6) is 0.549. The molecule has 4 rings (SSSR count). The van der Waals surface area contributed by atoms with Gasteiger partial charge in [0.15, 0.2) is 0 Å². The Bertz CT molecular complexity index is 681. The Balaban J connectivity index is 0.000000588. The first-order valence-electron chi connectivity index (χ1n) is 9.82. The van der Waals surface area contributed by atoms with Crippen molar-refractivity contribution in [3.05, 3.63) is 70.7 Å². The zero-order valence-electron chi connectivity index (χ0n) is 17.0. The van der Waals surface area contributed by atoms with Crippen LogP contribution in [0.25, 0.3) is 11.1 Å². The Morgan fingerprint density at radius 1 is 0.750 bits per heavy atom. The average molecular weight is 325 g/mol. The van der Waals surface area contributed by atoms with Crippen molar-refractivity contribution < 1.29 is 0 Å². The number of hydrogen-bond donors (Lipinski definition) is 0. The maximum absolute atomic E-state index is 2.29. The molecule has 0 N–H and O–H groups in total. The molecule has 0 saturated heterocycles. The van der Waals surface area contributed by atoms with E-state index < -0.39 is 0 Å². The molecule has 0 heterocycles. The summed E-state index contributed by atoms with van der Waals surface area (Å²) in [6.45, 7) is 16.0. The minimum absolute atomic E-state index is 0.549. The lowest BCUT2D eigenvalue weighted by atomic mass is 9.79. The summed E-state index contributed by atoms with van der Waals surface area (Å²) < 4.78 is 0. The first kappa shape index (κ1) is 22.2. The summed E-state index contributed by atoms with van der Waals surface area (Å²) in [7, 11) is 0. The van der Waals surface area contributed by atoms with Crippen molar-refractivity contribution >= 4 is 11.1 Å². The van der Waals surface area contributed by atoms with Crippen LogP contribution in [0.15, 0.2) is 60.2 Å². The zero-order chi connectivity index (χ0) is 18.5. The van der Waals surface area contributed by atoms with Gasteiger partial charge in [0.1, 0.15) is 0 Å². The molecule has 0 bridgehead atoms. The van der Waals surface area contributed by atoms with Crippen molar-refractivity contribution in [2.75, 3.05) is 0 Å². The molecule has 3 aliphatic carbocycles. The lowest BCUT2D eigenvalue weighted by Crippen LogP contribution is -2.23. The fourth-order valence-electron chi connectivity index (χ4n) is 3.14. The molecular formula is C24H36. The summed E-state index contributed by atoms with van der Waals surface area (Å²) in [6.07, 6.45) is 12.4. The highest BCUT2D eigenvalue weighted by atomic mass is 14.3. The van der Waals surface area contributed by atoms with E-state index >= 15 is 0 Å². The van der Waals surface area contributed by atoms with E-state index in [9.17, 15) is 0 Å². The monoisotopic (exact) mass is 324 g/mol. The van der Waals surface area contributed by atoms with Crippen molar-refractivity contribution in [1.82, 2.24) is 0 Å². The van der Waals surface area contributed by atoms with Gasteiger partial charge in [-0.05, 0) is 33.6 Å². The summed E-state index contributed by atoms with van der Waals surface area (Å²) in [6, 6.07) is 8.81. The molecule has 0 amide bonds. The quantitative estimate of drug-likeness (QED) is 0.534. The van der Waals surface area contributed by atoms with E-state index in [1.54, 1.807) is 5.57 Å². The minimum atomic E-state index is 0.549. The van der Waals surface area contributed by atoms with Crippen molar-refractivity contribution in [3.63, 3.8) is 0 Å². The zero-order valence-corrected chi connectivity index (χ0v) is 17.0. The van der Waals surface area contributed by atoms with Gasteiger partial charge in [-0.25, -0.2) is 0 Å². The van der Waals surface area contributed by atoms with E-state index in [4.69, 9.17) is 0 Å². The fourth-order valence-corrected chi connectivity index (χ4v) is 3.14. The summed E-state index contributed by atoms with van der Waals surface area (Å²) >= 11 is 0. The molecule has 132 valence electrons. The van der Waals surface area contributed by atoms with Crippen LogP contribution in [0.4, 0.5) is 0 Å². The molecule has 0 aliphatic heterocycles. The van der Waals surface area contributed by atoms with Crippen LogP contribution in [0, 0.1) is 5.92 Å². The van der Waals surface area contributed by atoms with Gasteiger partial charge in [-0.2, -0.15) is 0 Å². The highest BCUT2D eigenvalue weighted by Crippen LogP contribution is 2.39. The molecule has 1 atom stereocenters. The van der Waals surface area contributed by atoms with Gasteiger partial charge >= 0.3 is 0 Å². The molecule has 1 aromatic carbocycles. The van der Waals surface area contributed by atoms with Gasteiger partial charge in [-0.1, -0.05) is 110 Å². The smallest absolute Gasteiger partial charge is 0.0317 e. The van der Waals surface area contributed by atoms with E-state index in [0.717, 1.165) is 6.42 Å². The van der Waals surface area contributed by atoms with Crippen LogP contribution in [-0.4, -0.2) is 0 Å². The fraction of sp³-hybridized carbons (Fsp3) is 0.417. The number of rotatable bonds is 0. The SMILES string of the molecule is C1=CC2=c3ccccc3=C3CC=CC(=C1)C23.CC.CC.CC.CC. The van der Waals surface area contributed by atoms with Crippen molar-refractivity contribution in [2.45, 2.75) is 61.8 Å². The Kier molecular flexibility index (Phi) is 11.6. The molecule has 0 radical (unpaired) electrons. The molecule has 24 heavy (non-hydrogen) atoms. The van der Waals surface area contributed by atoms with Crippen LogP contribution in [0.1, 0.15) is 61.8 Å². The molecule has 0 nitrogen and oxygen atoms in total. The van der Waals surface area contributed by atoms with Gasteiger partial charge in [-0.15, -0.1) is 0 Å². The summed E-state index contributed by atoms with van der Waals surface area (Å²) in [5.41, 5.74) is 4.53. The lowest BCUT2D eigenvalue weighted by Gasteiger charge is -2.24. The van der Waals surface area contributed by atoms with E-state index in [-0.39, 0.29) is 0 Å². The Morgan fingerprint density at radius 3 is 1.96 bits per heavy atom. The second-order valence-corrected chi connectivity index (χ2v) is 4.59. The first-order chi connectivity index (χ1) is 11.9. The number of benzene rings is 1. The molecule has 1 aromatic rings. The third-order valence-corrected chi connectivity index (χ3v) is 3.79. The number of allylic oxidation sites excluding steroid dienone is 6. The normalized spacial score (nSPS) is 17.2. The standard InChI is InChI=1S/C16H12.4C2H6/c1-2-8-13-12(7-1)14-9-3-5-11-6-4-10-15(13)16(11)14;4*1-2/h1-9,16H,10H2;4*1-2H3. The summed E-state index contributed by atoms with van der Waals surface area (Å²) in [4.78, 5) is 0.